The molecule has 1 N–H and O–H groups in total. The molecule has 0 saturated heterocycles. The van der Waals surface area contributed by atoms with Gasteiger partial charge in [0, 0.05) is 22.5 Å². The number of hydrogen-bond acceptors (Lipinski definition) is 3. The third kappa shape index (κ3) is 3.52. The highest BCUT2D eigenvalue weighted by molar-refractivity contribution is 9.10. The van der Waals surface area contributed by atoms with Crippen molar-refractivity contribution < 1.29 is 9.72 Å². The van der Waals surface area contributed by atoms with E-state index in [4.69, 9.17) is 0 Å². The Kier molecular flexibility index (Phi) is 4.62. The first-order valence-corrected chi connectivity index (χ1v) is 5.99. The molecule has 0 spiro atoms. The van der Waals surface area contributed by atoms with Gasteiger partial charge in [0.2, 0.25) is 5.91 Å². The topological polar surface area (TPSA) is 72.2 Å². The molecule has 92 valence electrons. The number of amides is 1. The van der Waals surface area contributed by atoms with Crippen LogP contribution in [0.2, 0.25) is 0 Å². The van der Waals surface area contributed by atoms with Crippen LogP contribution in [0.25, 0.3) is 0 Å². The summed E-state index contributed by atoms with van der Waals surface area (Å²) in [5.41, 5.74) is 0.983. The van der Waals surface area contributed by atoms with Crippen molar-refractivity contribution in [2.24, 2.45) is 0 Å². The van der Waals surface area contributed by atoms with Crippen molar-refractivity contribution in [1.29, 1.82) is 0 Å². The van der Waals surface area contributed by atoms with E-state index in [0.29, 0.717) is 22.1 Å². The number of hydrogen-bond donors (Lipinski definition) is 1. The normalized spacial score (nSPS) is 10.1. The zero-order chi connectivity index (χ0) is 13.0. The fourth-order valence-corrected chi connectivity index (χ4v) is 1.95. The van der Waals surface area contributed by atoms with Crippen LogP contribution in [-0.4, -0.2) is 10.8 Å². The molecule has 0 aromatic heterocycles. The van der Waals surface area contributed by atoms with Crippen LogP contribution in [0.15, 0.2) is 16.6 Å². The van der Waals surface area contributed by atoms with E-state index in [1.54, 1.807) is 13.0 Å². The number of aryl methyl sites for hydroxylation is 1. The molecule has 0 saturated carbocycles. The molecule has 17 heavy (non-hydrogen) atoms. The van der Waals surface area contributed by atoms with Gasteiger partial charge in [-0.3, -0.25) is 14.9 Å². The minimum Gasteiger partial charge on any atom is -0.325 e. The Labute approximate surface area is 107 Å². The third-order valence-corrected chi connectivity index (χ3v) is 2.89. The summed E-state index contributed by atoms with van der Waals surface area (Å²) in [7, 11) is 0. The predicted octanol–water partition coefficient (Wildman–Crippen LogP) is 3.40. The summed E-state index contributed by atoms with van der Waals surface area (Å²) in [6, 6.07) is 2.99. The van der Waals surface area contributed by atoms with E-state index in [1.165, 1.54) is 6.07 Å². The number of carbonyl (C=O) groups is 1. The second-order valence-corrected chi connectivity index (χ2v) is 4.53. The van der Waals surface area contributed by atoms with Crippen molar-refractivity contribution in [3.63, 3.8) is 0 Å². The molecule has 1 aromatic carbocycles. The predicted molar refractivity (Wildman–Crippen MR) is 69.1 cm³/mol. The lowest BCUT2D eigenvalue weighted by Gasteiger charge is -2.08. The second kappa shape index (κ2) is 5.77. The highest BCUT2D eigenvalue weighted by Gasteiger charge is 2.15. The SMILES string of the molecule is CCCC(=O)Nc1cc([N+](=O)[O-])c(C)cc1Br. The molecule has 0 aliphatic carbocycles. The molecule has 0 fully saturated rings. The van der Waals surface area contributed by atoms with Gasteiger partial charge in [-0.25, -0.2) is 0 Å². The molecule has 6 heteroatoms. The van der Waals surface area contributed by atoms with Crippen molar-refractivity contribution in [2.75, 3.05) is 5.32 Å². The van der Waals surface area contributed by atoms with E-state index in [0.717, 1.165) is 6.42 Å². The van der Waals surface area contributed by atoms with Gasteiger partial charge in [-0.05, 0) is 35.3 Å². The number of nitro benzene ring substituents is 1. The summed E-state index contributed by atoms with van der Waals surface area (Å²) in [6.45, 7) is 3.55. The van der Waals surface area contributed by atoms with Crippen LogP contribution in [0.1, 0.15) is 25.3 Å². The lowest BCUT2D eigenvalue weighted by atomic mass is 10.2. The van der Waals surface area contributed by atoms with Gasteiger partial charge >= 0.3 is 0 Å². The Balaban J connectivity index is 3.03. The molecular weight excluding hydrogens is 288 g/mol. The van der Waals surface area contributed by atoms with Crippen molar-refractivity contribution in [3.8, 4) is 0 Å². The number of rotatable bonds is 4. The van der Waals surface area contributed by atoms with Crippen LogP contribution in [0, 0.1) is 17.0 Å². The summed E-state index contributed by atoms with van der Waals surface area (Å²) in [4.78, 5) is 21.7. The zero-order valence-corrected chi connectivity index (χ0v) is 11.2. The maximum atomic E-state index is 11.4. The molecule has 1 amide bonds. The number of anilines is 1. The molecule has 1 rings (SSSR count). The van der Waals surface area contributed by atoms with Gasteiger partial charge in [0.25, 0.3) is 5.69 Å². The Bertz CT molecular complexity index is 460. The molecule has 0 aliphatic rings. The maximum Gasteiger partial charge on any atom is 0.274 e. The maximum absolute atomic E-state index is 11.4. The molecule has 0 aliphatic heterocycles. The monoisotopic (exact) mass is 300 g/mol. The van der Waals surface area contributed by atoms with Crippen LogP contribution in [0.4, 0.5) is 11.4 Å². The Morgan fingerprint density at radius 1 is 1.53 bits per heavy atom. The third-order valence-electron chi connectivity index (χ3n) is 2.23. The van der Waals surface area contributed by atoms with Crippen LogP contribution in [0.5, 0.6) is 0 Å². The first kappa shape index (κ1) is 13.6. The molecule has 0 atom stereocenters. The Hall–Kier alpha value is -1.43. The molecular formula is C11H13BrN2O3. The Morgan fingerprint density at radius 2 is 2.18 bits per heavy atom. The van der Waals surface area contributed by atoms with E-state index < -0.39 is 4.92 Å². The van der Waals surface area contributed by atoms with Crippen molar-refractivity contribution in [3.05, 3.63) is 32.3 Å². The summed E-state index contributed by atoms with van der Waals surface area (Å²) >= 11 is 3.27. The smallest absolute Gasteiger partial charge is 0.274 e. The van der Waals surface area contributed by atoms with E-state index in [-0.39, 0.29) is 11.6 Å². The summed E-state index contributed by atoms with van der Waals surface area (Å²) < 4.78 is 0.644. The molecule has 0 unspecified atom stereocenters. The quantitative estimate of drug-likeness (QED) is 0.684. The molecule has 0 bridgehead atoms. The largest absolute Gasteiger partial charge is 0.325 e. The van der Waals surface area contributed by atoms with E-state index in [9.17, 15) is 14.9 Å². The lowest BCUT2D eigenvalue weighted by Crippen LogP contribution is -2.11. The van der Waals surface area contributed by atoms with E-state index in [2.05, 4.69) is 21.2 Å². The van der Waals surface area contributed by atoms with Crippen molar-refractivity contribution >= 4 is 33.2 Å². The van der Waals surface area contributed by atoms with E-state index >= 15 is 0 Å². The number of nitro groups is 1. The molecule has 5 nitrogen and oxygen atoms in total. The average Bonchev–Trinajstić information content (AvgIpc) is 2.21. The van der Waals surface area contributed by atoms with Crippen LogP contribution in [-0.2, 0) is 4.79 Å². The number of benzene rings is 1. The fraction of sp³-hybridized carbons (Fsp3) is 0.364. The van der Waals surface area contributed by atoms with Gasteiger partial charge in [-0.15, -0.1) is 0 Å². The average molecular weight is 301 g/mol. The minimum atomic E-state index is -0.461. The molecule has 0 radical (unpaired) electrons. The number of nitrogens with zero attached hydrogens (tertiary/aromatic N) is 1. The summed E-state index contributed by atoms with van der Waals surface area (Å²) in [5.74, 6) is -0.147. The Morgan fingerprint density at radius 3 is 2.71 bits per heavy atom. The molecule has 0 heterocycles. The van der Waals surface area contributed by atoms with Crippen LogP contribution >= 0.6 is 15.9 Å². The lowest BCUT2D eigenvalue weighted by molar-refractivity contribution is -0.385. The standard InChI is InChI=1S/C11H13BrN2O3/c1-3-4-11(15)13-9-6-10(14(16)17)7(2)5-8(9)12/h5-6H,3-4H2,1-2H3,(H,13,15). The van der Waals surface area contributed by atoms with Crippen LogP contribution in [0.3, 0.4) is 0 Å². The number of nitrogens with one attached hydrogen (secondary N) is 1. The van der Waals surface area contributed by atoms with Gasteiger partial charge < -0.3 is 5.32 Å². The number of halogens is 1. The van der Waals surface area contributed by atoms with Gasteiger partial charge in [-0.2, -0.15) is 0 Å². The minimum absolute atomic E-state index is 0.00000142. The van der Waals surface area contributed by atoms with Crippen molar-refractivity contribution in [2.45, 2.75) is 26.7 Å². The zero-order valence-electron chi connectivity index (χ0n) is 9.62. The highest BCUT2D eigenvalue weighted by atomic mass is 79.9. The first-order valence-electron chi connectivity index (χ1n) is 5.20. The van der Waals surface area contributed by atoms with E-state index in [1.807, 2.05) is 6.92 Å². The molecule has 1 aromatic rings. The van der Waals surface area contributed by atoms with Crippen molar-refractivity contribution in [1.82, 2.24) is 0 Å². The summed E-state index contributed by atoms with van der Waals surface area (Å²) in [6.07, 6.45) is 1.13. The second-order valence-electron chi connectivity index (χ2n) is 3.67. The fourth-order valence-electron chi connectivity index (χ4n) is 1.39. The van der Waals surface area contributed by atoms with Gasteiger partial charge in [0.1, 0.15) is 0 Å². The van der Waals surface area contributed by atoms with Gasteiger partial charge in [-0.1, -0.05) is 6.92 Å². The van der Waals surface area contributed by atoms with Gasteiger partial charge in [0.15, 0.2) is 0 Å². The first-order chi connectivity index (χ1) is 7.95. The summed E-state index contributed by atoms with van der Waals surface area (Å²) in [5, 5.41) is 13.4. The van der Waals surface area contributed by atoms with Crippen LogP contribution < -0.4 is 5.32 Å². The number of carbonyl (C=O) groups excluding carboxylic acids is 1. The van der Waals surface area contributed by atoms with Gasteiger partial charge in [0.05, 0.1) is 10.6 Å². The highest BCUT2D eigenvalue weighted by Crippen LogP contribution is 2.30.